The first-order chi connectivity index (χ1) is 14.7. The summed E-state index contributed by atoms with van der Waals surface area (Å²) in [5.41, 5.74) is -0.353. The van der Waals surface area contributed by atoms with Crippen molar-refractivity contribution in [3.63, 3.8) is 0 Å². The van der Waals surface area contributed by atoms with Crippen LogP contribution in [0.15, 0.2) is 0 Å². The highest BCUT2D eigenvalue weighted by atomic mass is 17.1. The Morgan fingerprint density at radius 1 is 0.903 bits per heavy atom. The summed E-state index contributed by atoms with van der Waals surface area (Å²) in [6.45, 7) is 13.0. The van der Waals surface area contributed by atoms with E-state index in [-0.39, 0.29) is 5.92 Å². The predicted octanol–water partition coefficient (Wildman–Crippen LogP) is 7.76. The van der Waals surface area contributed by atoms with Gasteiger partial charge in [0.05, 0.1) is 5.41 Å². The maximum atomic E-state index is 12.3. The Bertz CT molecular complexity index is 469. The zero-order valence-electron chi connectivity index (χ0n) is 21.4. The highest BCUT2D eigenvalue weighted by molar-refractivity contribution is 5.75. The fourth-order valence-corrected chi connectivity index (χ4v) is 5.46. The van der Waals surface area contributed by atoms with Crippen molar-refractivity contribution in [2.75, 3.05) is 13.1 Å². The molecule has 1 aliphatic heterocycles. The van der Waals surface area contributed by atoms with Gasteiger partial charge < -0.3 is 10.2 Å². The van der Waals surface area contributed by atoms with Gasteiger partial charge in [-0.05, 0) is 76.3 Å². The number of carbonyl (C=O) groups excluding carboxylic acids is 1. The number of hydrogen-bond acceptors (Lipinski definition) is 4. The van der Waals surface area contributed by atoms with Crippen molar-refractivity contribution in [2.24, 2.45) is 22.7 Å². The summed E-state index contributed by atoms with van der Waals surface area (Å²) in [6, 6.07) is 0. The molecule has 0 amide bonds. The van der Waals surface area contributed by atoms with E-state index in [4.69, 9.17) is 5.26 Å². The predicted molar refractivity (Wildman–Crippen MR) is 131 cm³/mol. The number of rotatable bonds is 17. The van der Waals surface area contributed by atoms with Crippen molar-refractivity contribution in [1.82, 2.24) is 5.32 Å². The Morgan fingerprint density at radius 2 is 1.42 bits per heavy atom. The third kappa shape index (κ3) is 11.2. The second-order valence-electron chi connectivity index (χ2n) is 11.4. The van der Waals surface area contributed by atoms with Crippen LogP contribution in [0.3, 0.4) is 0 Å². The van der Waals surface area contributed by atoms with Crippen LogP contribution in [-0.2, 0) is 9.68 Å². The summed E-state index contributed by atoms with van der Waals surface area (Å²) < 4.78 is 0. The van der Waals surface area contributed by atoms with Crippen molar-refractivity contribution in [3.05, 3.63) is 0 Å². The average molecular weight is 440 g/mol. The average Bonchev–Trinajstić information content (AvgIpc) is 2.75. The smallest absolute Gasteiger partial charge is 0.317 e. The third-order valence-corrected chi connectivity index (χ3v) is 7.83. The van der Waals surface area contributed by atoms with Crippen molar-refractivity contribution in [2.45, 2.75) is 131 Å². The summed E-state index contributed by atoms with van der Waals surface area (Å²) in [5.74, 6) is 0.285. The van der Waals surface area contributed by atoms with Crippen LogP contribution in [0.5, 0.6) is 0 Å². The Labute approximate surface area is 193 Å². The van der Waals surface area contributed by atoms with Crippen LogP contribution in [0.25, 0.3) is 0 Å². The molecule has 4 nitrogen and oxygen atoms in total. The Kier molecular flexibility index (Phi) is 14.0. The molecule has 184 valence electrons. The summed E-state index contributed by atoms with van der Waals surface area (Å²) >= 11 is 0. The second-order valence-corrected chi connectivity index (χ2v) is 11.4. The minimum atomic E-state index is -0.649. The molecule has 1 atom stereocenters. The maximum Gasteiger partial charge on any atom is 0.347 e. The minimum Gasteiger partial charge on any atom is -0.317 e. The lowest BCUT2D eigenvalue weighted by Crippen LogP contribution is -2.42. The van der Waals surface area contributed by atoms with E-state index in [2.05, 4.69) is 31.0 Å². The molecule has 0 saturated carbocycles. The fraction of sp³-hybridized carbons (Fsp3) is 0.963. The van der Waals surface area contributed by atoms with E-state index < -0.39 is 11.4 Å². The Balaban J connectivity index is 2.38. The monoisotopic (exact) mass is 439 g/mol. The van der Waals surface area contributed by atoms with Gasteiger partial charge in [-0.3, -0.25) is 0 Å². The normalized spacial score (nSPS) is 17.0. The minimum absolute atomic E-state index is 0.251. The third-order valence-electron chi connectivity index (χ3n) is 7.83. The molecule has 0 aliphatic carbocycles. The summed E-state index contributed by atoms with van der Waals surface area (Å²) in [4.78, 5) is 16.5. The Hall–Kier alpha value is -0.610. The molecule has 1 saturated heterocycles. The zero-order chi connectivity index (χ0) is 23.2. The van der Waals surface area contributed by atoms with Crippen LogP contribution < -0.4 is 5.32 Å². The van der Waals surface area contributed by atoms with E-state index in [1.807, 2.05) is 13.8 Å². The summed E-state index contributed by atoms with van der Waals surface area (Å²) in [5, 5.41) is 12.5. The molecule has 0 spiro atoms. The number of carbonyl (C=O) groups is 1. The number of unbranched alkanes of at least 4 members (excludes halogenated alkanes) is 9. The molecule has 4 heteroatoms. The lowest BCUT2D eigenvalue weighted by atomic mass is 9.65. The van der Waals surface area contributed by atoms with Crippen molar-refractivity contribution < 1.29 is 14.9 Å². The molecular formula is C27H53NO3. The lowest BCUT2D eigenvalue weighted by molar-refractivity contribution is -0.247. The van der Waals surface area contributed by atoms with Crippen LogP contribution in [0.2, 0.25) is 0 Å². The van der Waals surface area contributed by atoms with Crippen LogP contribution in [0, 0.1) is 22.7 Å². The summed E-state index contributed by atoms with van der Waals surface area (Å²) in [6.07, 6.45) is 19.4. The van der Waals surface area contributed by atoms with Crippen LogP contribution >= 0.6 is 0 Å². The van der Waals surface area contributed by atoms with E-state index in [9.17, 15) is 4.79 Å². The van der Waals surface area contributed by atoms with Gasteiger partial charge in [-0.2, -0.15) is 5.26 Å². The Morgan fingerprint density at radius 3 is 1.94 bits per heavy atom. The highest BCUT2D eigenvalue weighted by Gasteiger charge is 2.43. The van der Waals surface area contributed by atoms with Crippen molar-refractivity contribution in [1.29, 1.82) is 0 Å². The van der Waals surface area contributed by atoms with E-state index in [0.717, 1.165) is 38.8 Å². The molecule has 2 N–H and O–H groups in total. The first-order valence-electron chi connectivity index (χ1n) is 13.3. The van der Waals surface area contributed by atoms with Gasteiger partial charge in [-0.15, -0.1) is 0 Å². The first-order valence-corrected chi connectivity index (χ1v) is 13.3. The van der Waals surface area contributed by atoms with E-state index >= 15 is 0 Å². The standard InChI is InChI=1S/C27H53NO3/c1-6-7-8-9-10-11-12-13-14-15-19-26(2,3)20-16-24(23-17-21-28-22-18-23)27(4,5)25(29)31-30/h23-24,28,30H,6-22H2,1-5H3. The van der Waals surface area contributed by atoms with Gasteiger partial charge in [-0.25, -0.2) is 4.79 Å². The molecule has 0 bridgehead atoms. The quantitative estimate of drug-likeness (QED) is 0.138. The number of hydrogen-bond donors (Lipinski definition) is 2. The number of piperidine rings is 1. The molecule has 0 aromatic carbocycles. The SMILES string of the molecule is CCCCCCCCCCCCC(C)(C)CCC(C1CCNCC1)C(C)(C)C(=O)OO. The maximum absolute atomic E-state index is 12.3. The lowest BCUT2D eigenvalue weighted by Gasteiger charge is -2.40. The zero-order valence-corrected chi connectivity index (χ0v) is 21.4. The second kappa shape index (κ2) is 15.3. The van der Waals surface area contributed by atoms with E-state index in [1.54, 1.807) is 0 Å². The van der Waals surface area contributed by atoms with Crippen molar-refractivity contribution in [3.8, 4) is 0 Å². The number of nitrogens with one attached hydrogen (secondary N) is 1. The molecule has 1 fully saturated rings. The molecule has 0 aromatic rings. The molecule has 1 unspecified atom stereocenters. The van der Waals surface area contributed by atoms with Gasteiger partial charge in [0.15, 0.2) is 0 Å². The molecular weight excluding hydrogens is 386 g/mol. The largest absolute Gasteiger partial charge is 0.347 e. The van der Waals surface area contributed by atoms with E-state index in [0.29, 0.717) is 11.3 Å². The van der Waals surface area contributed by atoms with E-state index in [1.165, 1.54) is 70.6 Å². The molecule has 0 radical (unpaired) electrons. The van der Waals surface area contributed by atoms with Gasteiger partial charge in [0, 0.05) is 0 Å². The van der Waals surface area contributed by atoms with Gasteiger partial charge >= 0.3 is 5.97 Å². The van der Waals surface area contributed by atoms with Gasteiger partial charge in [0.25, 0.3) is 0 Å². The van der Waals surface area contributed by atoms with Crippen LogP contribution in [0.4, 0.5) is 0 Å². The molecule has 0 aromatic heterocycles. The van der Waals surface area contributed by atoms with Gasteiger partial charge in [0.2, 0.25) is 0 Å². The molecule has 1 heterocycles. The van der Waals surface area contributed by atoms with Crippen LogP contribution in [-0.4, -0.2) is 24.3 Å². The molecule has 1 aliphatic rings. The van der Waals surface area contributed by atoms with Gasteiger partial charge in [0.1, 0.15) is 0 Å². The molecule has 1 rings (SSSR count). The summed E-state index contributed by atoms with van der Waals surface area (Å²) in [7, 11) is 0. The highest BCUT2D eigenvalue weighted by Crippen LogP contribution is 2.43. The molecule has 31 heavy (non-hydrogen) atoms. The van der Waals surface area contributed by atoms with Crippen LogP contribution in [0.1, 0.15) is 131 Å². The topological polar surface area (TPSA) is 58.6 Å². The van der Waals surface area contributed by atoms with Crippen molar-refractivity contribution >= 4 is 5.97 Å². The first kappa shape index (κ1) is 28.4. The van der Waals surface area contributed by atoms with Gasteiger partial charge in [-0.1, -0.05) is 85.0 Å². The fourth-order valence-electron chi connectivity index (χ4n) is 5.46.